The minimum Gasteiger partial charge on any atom is -0.367 e. The molecule has 2 unspecified atom stereocenters. The molecule has 0 aliphatic carbocycles. The van der Waals surface area contributed by atoms with Crippen molar-refractivity contribution in [3.05, 3.63) is 54.2 Å². The number of hydrogen-bond acceptors (Lipinski definition) is 4. The van der Waals surface area contributed by atoms with E-state index in [2.05, 4.69) is 14.9 Å². The Morgan fingerprint density at radius 2 is 2.00 bits per heavy atom. The number of morpholine rings is 1. The third-order valence-corrected chi connectivity index (χ3v) is 3.38. The molecule has 2 heterocycles. The molecule has 2 aromatic rings. The molecule has 1 aromatic carbocycles. The first kappa shape index (κ1) is 13.0. The maximum Gasteiger partial charge on any atom is 0.147 e. The van der Waals surface area contributed by atoms with Crippen LogP contribution in [0.4, 0.5) is 10.2 Å². The van der Waals surface area contributed by atoms with Crippen LogP contribution in [0.5, 0.6) is 0 Å². The monoisotopic (exact) mass is 273 g/mol. The highest BCUT2D eigenvalue weighted by Crippen LogP contribution is 2.27. The summed E-state index contributed by atoms with van der Waals surface area (Å²) in [6, 6.07) is 6.47. The van der Waals surface area contributed by atoms with Gasteiger partial charge in [-0.25, -0.2) is 9.37 Å². The summed E-state index contributed by atoms with van der Waals surface area (Å²) in [6.45, 7) is 3.49. The van der Waals surface area contributed by atoms with Crippen molar-refractivity contribution in [1.82, 2.24) is 9.97 Å². The van der Waals surface area contributed by atoms with E-state index < -0.39 is 0 Å². The van der Waals surface area contributed by atoms with Gasteiger partial charge in [0.15, 0.2) is 0 Å². The summed E-state index contributed by atoms with van der Waals surface area (Å²) in [5.41, 5.74) is 0.979. The summed E-state index contributed by atoms with van der Waals surface area (Å²) in [7, 11) is 0. The summed E-state index contributed by atoms with van der Waals surface area (Å²) in [4.78, 5) is 10.6. The molecule has 1 aromatic heterocycles. The third-order valence-electron chi connectivity index (χ3n) is 3.38. The minimum atomic E-state index is -0.233. The van der Waals surface area contributed by atoms with Crippen molar-refractivity contribution in [1.29, 1.82) is 0 Å². The fraction of sp³-hybridized carbons (Fsp3) is 0.333. The average Bonchev–Trinajstić information content (AvgIpc) is 2.48. The van der Waals surface area contributed by atoms with Gasteiger partial charge in [0.05, 0.1) is 12.3 Å². The first-order valence-electron chi connectivity index (χ1n) is 6.64. The highest BCUT2D eigenvalue weighted by molar-refractivity contribution is 5.37. The Morgan fingerprint density at radius 1 is 1.20 bits per heavy atom. The van der Waals surface area contributed by atoms with E-state index in [1.165, 1.54) is 12.1 Å². The standard InChI is InChI=1S/C15H16FN3O/c1-11-9-19(15-8-17-6-7-18-15)10-14(20-11)12-2-4-13(16)5-3-12/h2-8,11,14H,9-10H2,1H3. The van der Waals surface area contributed by atoms with Crippen LogP contribution in [-0.2, 0) is 4.74 Å². The molecule has 0 bridgehead atoms. The quantitative estimate of drug-likeness (QED) is 0.843. The lowest BCUT2D eigenvalue weighted by Crippen LogP contribution is -2.43. The Balaban J connectivity index is 1.81. The van der Waals surface area contributed by atoms with E-state index in [1.54, 1.807) is 30.7 Å². The maximum absolute atomic E-state index is 13.0. The van der Waals surface area contributed by atoms with Crippen LogP contribution in [0, 0.1) is 5.82 Å². The number of anilines is 1. The van der Waals surface area contributed by atoms with E-state index in [-0.39, 0.29) is 18.0 Å². The van der Waals surface area contributed by atoms with Gasteiger partial charge in [0.2, 0.25) is 0 Å². The average molecular weight is 273 g/mol. The number of benzene rings is 1. The topological polar surface area (TPSA) is 38.2 Å². The highest BCUT2D eigenvalue weighted by atomic mass is 19.1. The van der Waals surface area contributed by atoms with Gasteiger partial charge in [-0.15, -0.1) is 0 Å². The molecule has 1 aliphatic rings. The van der Waals surface area contributed by atoms with E-state index in [9.17, 15) is 4.39 Å². The zero-order chi connectivity index (χ0) is 13.9. The summed E-state index contributed by atoms with van der Waals surface area (Å²) in [5, 5.41) is 0. The summed E-state index contributed by atoms with van der Waals surface area (Å²) < 4.78 is 19.0. The van der Waals surface area contributed by atoms with Crippen molar-refractivity contribution >= 4 is 5.82 Å². The molecule has 0 spiro atoms. The van der Waals surface area contributed by atoms with Crippen molar-refractivity contribution in [2.75, 3.05) is 18.0 Å². The fourth-order valence-electron chi connectivity index (χ4n) is 2.45. The number of aromatic nitrogens is 2. The maximum atomic E-state index is 13.0. The zero-order valence-electron chi connectivity index (χ0n) is 11.2. The molecule has 0 amide bonds. The van der Waals surface area contributed by atoms with E-state index in [0.29, 0.717) is 6.54 Å². The number of nitrogens with zero attached hydrogens (tertiary/aromatic N) is 3. The van der Waals surface area contributed by atoms with Crippen LogP contribution in [0.2, 0.25) is 0 Å². The molecule has 0 N–H and O–H groups in total. The van der Waals surface area contributed by atoms with Crippen LogP contribution in [0.25, 0.3) is 0 Å². The molecular formula is C15H16FN3O. The molecule has 0 radical (unpaired) electrons. The van der Waals surface area contributed by atoms with Gasteiger partial charge in [-0.1, -0.05) is 12.1 Å². The first-order chi connectivity index (χ1) is 9.72. The molecule has 1 aliphatic heterocycles. The van der Waals surface area contributed by atoms with Gasteiger partial charge in [-0.3, -0.25) is 4.98 Å². The zero-order valence-corrected chi connectivity index (χ0v) is 11.2. The lowest BCUT2D eigenvalue weighted by Gasteiger charge is -2.37. The van der Waals surface area contributed by atoms with Gasteiger partial charge >= 0.3 is 0 Å². The molecule has 2 atom stereocenters. The second-order valence-corrected chi connectivity index (χ2v) is 4.96. The lowest BCUT2D eigenvalue weighted by atomic mass is 10.1. The molecule has 5 heteroatoms. The SMILES string of the molecule is CC1CN(c2cnccn2)CC(c2ccc(F)cc2)O1. The van der Waals surface area contributed by atoms with Gasteiger partial charge in [0.25, 0.3) is 0 Å². The molecule has 3 rings (SSSR count). The van der Waals surface area contributed by atoms with Gasteiger partial charge < -0.3 is 9.64 Å². The van der Waals surface area contributed by atoms with Crippen LogP contribution in [0.15, 0.2) is 42.9 Å². The molecule has 4 nitrogen and oxygen atoms in total. The first-order valence-corrected chi connectivity index (χ1v) is 6.64. The number of hydrogen-bond donors (Lipinski definition) is 0. The van der Waals surface area contributed by atoms with E-state index in [1.807, 2.05) is 6.92 Å². The Bertz CT molecular complexity index is 561. The van der Waals surface area contributed by atoms with Gasteiger partial charge in [0.1, 0.15) is 17.7 Å². The van der Waals surface area contributed by atoms with Gasteiger partial charge in [-0.05, 0) is 24.6 Å². The molecule has 104 valence electrons. The lowest BCUT2D eigenvalue weighted by molar-refractivity contribution is -0.0176. The van der Waals surface area contributed by atoms with Crippen LogP contribution in [0.1, 0.15) is 18.6 Å². The Labute approximate surface area is 117 Å². The van der Waals surface area contributed by atoms with Gasteiger partial charge in [0, 0.05) is 25.5 Å². The van der Waals surface area contributed by atoms with E-state index in [0.717, 1.165) is 17.9 Å². The van der Waals surface area contributed by atoms with Crippen LogP contribution >= 0.6 is 0 Å². The van der Waals surface area contributed by atoms with Crippen LogP contribution in [0.3, 0.4) is 0 Å². The number of ether oxygens (including phenoxy) is 1. The summed E-state index contributed by atoms with van der Waals surface area (Å²) in [6.07, 6.45) is 5.09. The summed E-state index contributed by atoms with van der Waals surface area (Å²) >= 11 is 0. The van der Waals surface area contributed by atoms with E-state index in [4.69, 9.17) is 4.74 Å². The Kier molecular flexibility index (Phi) is 3.60. The Morgan fingerprint density at radius 3 is 2.70 bits per heavy atom. The van der Waals surface area contributed by atoms with Crippen molar-refractivity contribution in [3.63, 3.8) is 0 Å². The number of halogens is 1. The predicted molar refractivity (Wildman–Crippen MR) is 73.9 cm³/mol. The third kappa shape index (κ3) is 2.77. The van der Waals surface area contributed by atoms with E-state index >= 15 is 0 Å². The Hall–Kier alpha value is -2.01. The molecule has 1 saturated heterocycles. The smallest absolute Gasteiger partial charge is 0.147 e. The highest BCUT2D eigenvalue weighted by Gasteiger charge is 2.27. The molecule has 20 heavy (non-hydrogen) atoms. The molecule has 0 saturated carbocycles. The summed E-state index contributed by atoms with van der Waals surface area (Å²) in [5.74, 6) is 0.609. The second kappa shape index (κ2) is 5.54. The van der Waals surface area contributed by atoms with Crippen molar-refractivity contribution in [2.24, 2.45) is 0 Å². The second-order valence-electron chi connectivity index (χ2n) is 4.96. The van der Waals surface area contributed by atoms with Crippen molar-refractivity contribution in [2.45, 2.75) is 19.1 Å². The fourth-order valence-corrected chi connectivity index (χ4v) is 2.45. The number of rotatable bonds is 2. The van der Waals surface area contributed by atoms with Crippen molar-refractivity contribution in [3.8, 4) is 0 Å². The van der Waals surface area contributed by atoms with Crippen molar-refractivity contribution < 1.29 is 9.13 Å². The van der Waals surface area contributed by atoms with Gasteiger partial charge in [-0.2, -0.15) is 0 Å². The minimum absolute atomic E-state index is 0.0821. The predicted octanol–water partition coefficient (Wildman–Crippen LogP) is 2.58. The van der Waals surface area contributed by atoms with Crippen LogP contribution < -0.4 is 4.90 Å². The molecular weight excluding hydrogens is 257 g/mol. The van der Waals surface area contributed by atoms with Crippen LogP contribution in [-0.4, -0.2) is 29.2 Å². The largest absolute Gasteiger partial charge is 0.367 e. The molecule has 1 fully saturated rings. The normalized spacial score (nSPS) is 22.8.